The van der Waals surface area contributed by atoms with Gasteiger partial charge in [0.05, 0.1) is 13.2 Å². The first-order valence-electron chi connectivity index (χ1n) is 8.49. The largest absolute Gasteiger partial charge is 0.497 e. The molecule has 0 aliphatic carbocycles. The van der Waals surface area contributed by atoms with E-state index in [1.54, 1.807) is 7.11 Å². The molecule has 0 amide bonds. The van der Waals surface area contributed by atoms with Gasteiger partial charge in [-0.25, -0.2) is 0 Å². The third-order valence-corrected chi connectivity index (χ3v) is 4.45. The van der Waals surface area contributed by atoms with Gasteiger partial charge in [0, 0.05) is 19.1 Å². The maximum Gasteiger partial charge on any atom is 0.118 e. The topological polar surface area (TPSA) is 44.7 Å². The number of piperidine rings is 1. The standard InChI is InChI=1S/C19H30N2O2/c1-15(2)8-11-21-12-9-17(10-13-21)20-14-19(22)16-4-6-18(23-3)7-5-16/h4-8,17,19-20,22H,9-14H2,1-3H3. The molecule has 0 radical (unpaired) electrons. The molecule has 0 saturated carbocycles. The Morgan fingerprint density at radius 2 is 1.96 bits per heavy atom. The van der Waals surface area contributed by atoms with Crippen LogP contribution in [-0.4, -0.2) is 49.3 Å². The Balaban J connectivity index is 1.71. The van der Waals surface area contributed by atoms with Gasteiger partial charge in [0.2, 0.25) is 0 Å². The average Bonchev–Trinajstić information content (AvgIpc) is 2.58. The first-order valence-corrected chi connectivity index (χ1v) is 8.49. The summed E-state index contributed by atoms with van der Waals surface area (Å²) in [6, 6.07) is 8.13. The summed E-state index contributed by atoms with van der Waals surface area (Å²) >= 11 is 0. The Bertz CT molecular complexity index is 487. The van der Waals surface area contributed by atoms with Crippen LogP contribution in [0.2, 0.25) is 0 Å². The number of aliphatic hydroxyl groups is 1. The number of hydrogen-bond acceptors (Lipinski definition) is 4. The highest BCUT2D eigenvalue weighted by Crippen LogP contribution is 2.18. The van der Waals surface area contributed by atoms with Crippen molar-refractivity contribution in [3.8, 4) is 5.75 Å². The summed E-state index contributed by atoms with van der Waals surface area (Å²) in [5.74, 6) is 0.817. The minimum absolute atomic E-state index is 0.468. The number of allylic oxidation sites excluding steroid dienone is 1. The van der Waals surface area contributed by atoms with E-state index in [0.717, 1.165) is 43.8 Å². The summed E-state index contributed by atoms with van der Waals surface area (Å²) in [4.78, 5) is 2.49. The van der Waals surface area contributed by atoms with Crippen molar-refractivity contribution in [2.45, 2.75) is 38.8 Å². The van der Waals surface area contributed by atoms with Crippen molar-refractivity contribution in [2.75, 3.05) is 33.3 Å². The van der Waals surface area contributed by atoms with Crippen molar-refractivity contribution in [3.63, 3.8) is 0 Å². The van der Waals surface area contributed by atoms with Gasteiger partial charge in [-0.2, -0.15) is 0 Å². The number of methoxy groups -OCH3 is 1. The predicted octanol–water partition coefficient (Wildman–Crippen LogP) is 2.75. The van der Waals surface area contributed by atoms with E-state index in [2.05, 4.69) is 30.1 Å². The van der Waals surface area contributed by atoms with Gasteiger partial charge in [0.25, 0.3) is 0 Å². The van der Waals surface area contributed by atoms with Crippen LogP contribution in [0.4, 0.5) is 0 Å². The first kappa shape index (κ1) is 18.0. The fraction of sp³-hybridized carbons (Fsp3) is 0.579. The van der Waals surface area contributed by atoms with Gasteiger partial charge in [0.15, 0.2) is 0 Å². The molecule has 0 spiro atoms. The summed E-state index contributed by atoms with van der Waals surface area (Å²) in [6.07, 6.45) is 4.11. The van der Waals surface area contributed by atoms with Crippen LogP contribution in [0.25, 0.3) is 0 Å². The van der Waals surface area contributed by atoms with E-state index in [9.17, 15) is 5.11 Å². The van der Waals surface area contributed by atoms with Crippen LogP contribution in [0.5, 0.6) is 5.75 Å². The highest BCUT2D eigenvalue weighted by molar-refractivity contribution is 5.28. The molecule has 1 saturated heterocycles. The zero-order valence-electron chi connectivity index (χ0n) is 14.6. The van der Waals surface area contributed by atoms with E-state index in [1.165, 1.54) is 5.57 Å². The van der Waals surface area contributed by atoms with Gasteiger partial charge in [-0.1, -0.05) is 23.8 Å². The fourth-order valence-corrected chi connectivity index (χ4v) is 2.85. The molecule has 1 aromatic rings. The molecule has 1 heterocycles. The number of aliphatic hydroxyl groups excluding tert-OH is 1. The van der Waals surface area contributed by atoms with E-state index in [1.807, 2.05) is 24.3 Å². The van der Waals surface area contributed by atoms with Crippen LogP contribution in [0.3, 0.4) is 0 Å². The number of rotatable bonds is 7. The maximum atomic E-state index is 10.3. The van der Waals surface area contributed by atoms with Crippen LogP contribution < -0.4 is 10.1 Å². The van der Waals surface area contributed by atoms with Crippen molar-refractivity contribution < 1.29 is 9.84 Å². The highest BCUT2D eigenvalue weighted by Gasteiger charge is 2.19. The smallest absolute Gasteiger partial charge is 0.118 e. The van der Waals surface area contributed by atoms with Gasteiger partial charge in [-0.05, 0) is 57.5 Å². The molecule has 1 unspecified atom stereocenters. The van der Waals surface area contributed by atoms with Crippen LogP contribution in [0.1, 0.15) is 38.4 Å². The molecule has 23 heavy (non-hydrogen) atoms. The van der Waals surface area contributed by atoms with Crippen LogP contribution in [-0.2, 0) is 0 Å². The molecule has 2 rings (SSSR count). The maximum absolute atomic E-state index is 10.3. The molecule has 2 N–H and O–H groups in total. The summed E-state index contributed by atoms with van der Waals surface area (Å²) in [7, 11) is 1.65. The number of nitrogens with zero attached hydrogens (tertiary/aromatic N) is 1. The van der Waals surface area contributed by atoms with Crippen molar-refractivity contribution >= 4 is 0 Å². The summed E-state index contributed by atoms with van der Waals surface area (Å²) < 4.78 is 5.14. The van der Waals surface area contributed by atoms with Crippen molar-refractivity contribution in [1.29, 1.82) is 0 Å². The summed E-state index contributed by atoms with van der Waals surface area (Å²) in [5, 5.41) is 13.8. The van der Waals surface area contributed by atoms with Gasteiger partial charge in [0.1, 0.15) is 5.75 Å². The van der Waals surface area contributed by atoms with Crippen molar-refractivity contribution in [3.05, 3.63) is 41.5 Å². The van der Waals surface area contributed by atoms with Crippen molar-refractivity contribution in [1.82, 2.24) is 10.2 Å². The molecule has 0 aromatic heterocycles. The second-order valence-electron chi connectivity index (χ2n) is 6.55. The van der Waals surface area contributed by atoms with Crippen molar-refractivity contribution in [2.24, 2.45) is 0 Å². The van der Waals surface area contributed by atoms with Crippen LogP contribution in [0.15, 0.2) is 35.9 Å². The number of ether oxygens (including phenoxy) is 1. The molecule has 128 valence electrons. The molecular weight excluding hydrogens is 288 g/mol. The molecule has 1 aliphatic rings. The van der Waals surface area contributed by atoms with Crippen LogP contribution in [0, 0.1) is 0 Å². The fourth-order valence-electron chi connectivity index (χ4n) is 2.85. The van der Waals surface area contributed by atoms with Crippen LogP contribution >= 0.6 is 0 Å². The number of benzene rings is 1. The summed E-state index contributed by atoms with van der Waals surface area (Å²) in [5.41, 5.74) is 2.31. The minimum Gasteiger partial charge on any atom is -0.497 e. The van der Waals surface area contributed by atoms with E-state index >= 15 is 0 Å². The molecule has 4 nitrogen and oxygen atoms in total. The molecule has 1 aliphatic heterocycles. The van der Waals surface area contributed by atoms with E-state index in [4.69, 9.17) is 4.74 Å². The Morgan fingerprint density at radius 3 is 2.52 bits per heavy atom. The molecule has 0 bridgehead atoms. The first-order chi connectivity index (χ1) is 11.1. The number of nitrogens with one attached hydrogen (secondary N) is 1. The number of likely N-dealkylation sites (tertiary alicyclic amines) is 1. The lowest BCUT2D eigenvalue weighted by molar-refractivity contribution is 0.155. The van der Waals surface area contributed by atoms with E-state index in [-0.39, 0.29) is 0 Å². The number of hydrogen-bond donors (Lipinski definition) is 2. The Kier molecular flexibility index (Phi) is 7.09. The molecule has 1 atom stereocenters. The minimum atomic E-state index is -0.468. The molecule has 1 fully saturated rings. The van der Waals surface area contributed by atoms with E-state index < -0.39 is 6.10 Å². The second-order valence-corrected chi connectivity index (χ2v) is 6.55. The van der Waals surface area contributed by atoms with Gasteiger partial charge >= 0.3 is 0 Å². The Labute approximate surface area is 140 Å². The Hall–Kier alpha value is -1.36. The highest BCUT2D eigenvalue weighted by atomic mass is 16.5. The van der Waals surface area contributed by atoms with Gasteiger partial charge in [-0.15, -0.1) is 0 Å². The lowest BCUT2D eigenvalue weighted by atomic mass is 10.0. The lowest BCUT2D eigenvalue weighted by Gasteiger charge is -2.32. The van der Waals surface area contributed by atoms with E-state index in [0.29, 0.717) is 12.6 Å². The monoisotopic (exact) mass is 318 g/mol. The SMILES string of the molecule is COc1ccc(C(O)CNC2CCN(CC=C(C)C)CC2)cc1. The average molecular weight is 318 g/mol. The third kappa shape index (κ3) is 5.98. The normalized spacial score (nSPS) is 17.7. The molecule has 4 heteroatoms. The molecular formula is C19H30N2O2. The quantitative estimate of drug-likeness (QED) is 0.759. The zero-order chi connectivity index (χ0) is 16.7. The second kappa shape index (κ2) is 9.06. The third-order valence-electron chi connectivity index (χ3n) is 4.45. The lowest BCUT2D eigenvalue weighted by Crippen LogP contribution is -2.43. The Morgan fingerprint density at radius 1 is 1.30 bits per heavy atom. The summed E-state index contributed by atoms with van der Waals surface area (Å²) in [6.45, 7) is 8.21. The molecule has 1 aromatic carbocycles. The van der Waals surface area contributed by atoms with Gasteiger partial charge in [-0.3, -0.25) is 4.90 Å². The van der Waals surface area contributed by atoms with Gasteiger partial charge < -0.3 is 15.2 Å². The predicted molar refractivity (Wildman–Crippen MR) is 94.8 cm³/mol. The zero-order valence-corrected chi connectivity index (χ0v) is 14.6.